The third-order valence-corrected chi connectivity index (χ3v) is 3.06. The van der Waals surface area contributed by atoms with Crippen molar-refractivity contribution in [3.05, 3.63) is 35.9 Å². The highest BCUT2D eigenvalue weighted by atomic mass is 16.5. The Morgan fingerprint density at radius 2 is 1.94 bits per heavy atom. The molecule has 0 spiro atoms. The smallest absolute Gasteiger partial charge is 0.307 e. The number of methoxy groups -OCH3 is 1. The van der Waals surface area contributed by atoms with Crippen molar-refractivity contribution in [1.82, 2.24) is 0 Å². The van der Waals surface area contributed by atoms with Crippen molar-refractivity contribution in [3.8, 4) is 5.75 Å². The standard InChI is InChI=1S/C14H14O4/c1-18-13-4-2-9(3-5-13)10-6-11(14(16)17)8-12(15)7-10/h2-5,7,11H,6,8H2,1H3,(H,16,17). The van der Waals surface area contributed by atoms with Gasteiger partial charge in [0.2, 0.25) is 0 Å². The zero-order valence-corrected chi connectivity index (χ0v) is 10.1. The number of ether oxygens (including phenoxy) is 1. The summed E-state index contributed by atoms with van der Waals surface area (Å²) in [5.74, 6) is -0.919. The summed E-state index contributed by atoms with van der Waals surface area (Å²) < 4.78 is 5.06. The minimum absolute atomic E-state index is 0.0923. The van der Waals surface area contributed by atoms with E-state index >= 15 is 0 Å². The number of carboxylic acids is 1. The van der Waals surface area contributed by atoms with Gasteiger partial charge in [-0.2, -0.15) is 0 Å². The van der Waals surface area contributed by atoms with Gasteiger partial charge >= 0.3 is 5.97 Å². The normalized spacial score (nSPS) is 19.3. The molecule has 4 nitrogen and oxygen atoms in total. The first-order chi connectivity index (χ1) is 8.60. The van der Waals surface area contributed by atoms with E-state index < -0.39 is 11.9 Å². The van der Waals surface area contributed by atoms with Crippen LogP contribution in [0.2, 0.25) is 0 Å². The molecular weight excluding hydrogens is 232 g/mol. The lowest BCUT2D eigenvalue weighted by molar-refractivity contribution is -0.143. The minimum Gasteiger partial charge on any atom is -0.497 e. The Labute approximate surface area is 105 Å². The molecule has 18 heavy (non-hydrogen) atoms. The van der Waals surface area contributed by atoms with Gasteiger partial charge < -0.3 is 9.84 Å². The summed E-state index contributed by atoms with van der Waals surface area (Å²) in [6.07, 6.45) is 2.03. The molecule has 1 aromatic carbocycles. The summed E-state index contributed by atoms with van der Waals surface area (Å²) in [6.45, 7) is 0. The van der Waals surface area contributed by atoms with E-state index in [0.29, 0.717) is 6.42 Å². The number of hydrogen-bond acceptors (Lipinski definition) is 3. The number of rotatable bonds is 3. The second-order valence-electron chi connectivity index (χ2n) is 4.31. The lowest BCUT2D eigenvalue weighted by atomic mass is 9.85. The lowest BCUT2D eigenvalue weighted by Crippen LogP contribution is -2.21. The van der Waals surface area contributed by atoms with E-state index in [0.717, 1.165) is 16.9 Å². The van der Waals surface area contributed by atoms with Crippen LogP contribution in [-0.2, 0) is 9.59 Å². The molecule has 1 aromatic rings. The molecule has 1 aliphatic rings. The molecule has 1 atom stereocenters. The van der Waals surface area contributed by atoms with Gasteiger partial charge in [-0.25, -0.2) is 0 Å². The molecule has 0 fully saturated rings. The first kappa shape index (κ1) is 12.4. The third-order valence-electron chi connectivity index (χ3n) is 3.06. The minimum atomic E-state index is -0.914. The van der Waals surface area contributed by atoms with E-state index in [1.54, 1.807) is 25.3 Å². The maximum atomic E-state index is 11.5. The van der Waals surface area contributed by atoms with Crippen molar-refractivity contribution in [2.75, 3.05) is 7.11 Å². The summed E-state index contributed by atoms with van der Waals surface area (Å²) in [5, 5.41) is 9.00. The Morgan fingerprint density at radius 1 is 1.28 bits per heavy atom. The molecule has 0 heterocycles. The number of carboxylic acid groups (broad SMARTS) is 1. The fourth-order valence-corrected chi connectivity index (χ4v) is 2.07. The van der Waals surface area contributed by atoms with Gasteiger partial charge in [0.1, 0.15) is 5.75 Å². The lowest BCUT2D eigenvalue weighted by Gasteiger charge is -2.18. The van der Waals surface area contributed by atoms with E-state index in [1.165, 1.54) is 0 Å². The van der Waals surface area contributed by atoms with Crippen molar-refractivity contribution >= 4 is 17.3 Å². The van der Waals surface area contributed by atoms with Crippen LogP contribution in [0.25, 0.3) is 5.57 Å². The Balaban J connectivity index is 2.26. The molecule has 0 radical (unpaired) electrons. The molecular formula is C14H14O4. The van der Waals surface area contributed by atoms with Gasteiger partial charge in [-0.1, -0.05) is 12.1 Å². The van der Waals surface area contributed by atoms with Crippen molar-refractivity contribution in [1.29, 1.82) is 0 Å². The molecule has 2 rings (SSSR count). The molecule has 0 saturated heterocycles. The Hall–Kier alpha value is -2.10. The number of carbonyl (C=O) groups excluding carboxylic acids is 1. The van der Waals surface area contributed by atoms with E-state index in [4.69, 9.17) is 9.84 Å². The number of benzene rings is 1. The molecule has 0 bridgehead atoms. The number of carbonyl (C=O) groups is 2. The average Bonchev–Trinajstić information content (AvgIpc) is 2.38. The van der Waals surface area contributed by atoms with Crippen molar-refractivity contribution in [2.24, 2.45) is 5.92 Å². The third kappa shape index (κ3) is 2.59. The van der Waals surface area contributed by atoms with Gasteiger partial charge in [0.05, 0.1) is 13.0 Å². The number of allylic oxidation sites excluding steroid dienone is 2. The first-order valence-corrected chi connectivity index (χ1v) is 5.71. The van der Waals surface area contributed by atoms with Gasteiger partial charge in [-0.15, -0.1) is 0 Å². The Morgan fingerprint density at radius 3 is 2.50 bits per heavy atom. The van der Waals surface area contributed by atoms with Crippen LogP contribution in [0, 0.1) is 5.92 Å². The highest BCUT2D eigenvalue weighted by Crippen LogP contribution is 2.30. The molecule has 1 unspecified atom stereocenters. The molecule has 1 aliphatic carbocycles. The monoisotopic (exact) mass is 246 g/mol. The summed E-state index contributed by atoms with van der Waals surface area (Å²) in [4.78, 5) is 22.5. The Kier molecular flexibility index (Phi) is 3.46. The zero-order chi connectivity index (χ0) is 13.1. The fourth-order valence-electron chi connectivity index (χ4n) is 2.07. The van der Waals surface area contributed by atoms with Gasteiger partial charge in [0.15, 0.2) is 5.78 Å². The summed E-state index contributed by atoms with van der Waals surface area (Å²) in [7, 11) is 1.58. The first-order valence-electron chi connectivity index (χ1n) is 5.71. The van der Waals surface area contributed by atoms with Crippen molar-refractivity contribution in [3.63, 3.8) is 0 Å². The molecule has 0 aromatic heterocycles. The van der Waals surface area contributed by atoms with Crippen LogP contribution in [0.5, 0.6) is 5.75 Å². The van der Waals surface area contributed by atoms with Crippen molar-refractivity contribution < 1.29 is 19.4 Å². The molecule has 94 valence electrons. The highest BCUT2D eigenvalue weighted by Gasteiger charge is 2.26. The van der Waals surface area contributed by atoms with Crippen LogP contribution in [0.15, 0.2) is 30.3 Å². The quantitative estimate of drug-likeness (QED) is 0.887. The van der Waals surface area contributed by atoms with E-state index in [9.17, 15) is 9.59 Å². The zero-order valence-electron chi connectivity index (χ0n) is 10.1. The van der Waals surface area contributed by atoms with E-state index in [1.807, 2.05) is 12.1 Å². The second kappa shape index (κ2) is 5.04. The topological polar surface area (TPSA) is 63.6 Å². The van der Waals surface area contributed by atoms with Gasteiger partial charge in [0.25, 0.3) is 0 Å². The van der Waals surface area contributed by atoms with Crippen LogP contribution in [-0.4, -0.2) is 24.0 Å². The number of aliphatic carboxylic acids is 1. The predicted molar refractivity (Wildman–Crippen MR) is 66.3 cm³/mol. The highest BCUT2D eigenvalue weighted by molar-refractivity contribution is 6.01. The molecule has 0 aliphatic heterocycles. The summed E-state index contributed by atoms with van der Waals surface area (Å²) >= 11 is 0. The van der Waals surface area contributed by atoms with Gasteiger partial charge in [-0.3, -0.25) is 9.59 Å². The van der Waals surface area contributed by atoms with Crippen LogP contribution in [0.1, 0.15) is 18.4 Å². The van der Waals surface area contributed by atoms with Gasteiger partial charge in [0, 0.05) is 6.42 Å². The van der Waals surface area contributed by atoms with Crippen LogP contribution < -0.4 is 4.74 Å². The predicted octanol–water partition coefficient (Wildman–Crippen LogP) is 2.14. The molecule has 0 saturated carbocycles. The average molecular weight is 246 g/mol. The SMILES string of the molecule is COc1ccc(C2=CC(=O)CC(C(=O)O)C2)cc1. The largest absolute Gasteiger partial charge is 0.497 e. The second-order valence-corrected chi connectivity index (χ2v) is 4.31. The maximum absolute atomic E-state index is 11.5. The molecule has 1 N–H and O–H groups in total. The van der Waals surface area contributed by atoms with Crippen LogP contribution >= 0.6 is 0 Å². The summed E-state index contributed by atoms with van der Waals surface area (Å²) in [6, 6.07) is 7.26. The molecule has 4 heteroatoms. The Bertz CT molecular complexity index is 499. The van der Waals surface area contributed by atoms with Crippen LogP contribution in [0.4, 0.5) is 0 Å². The fraction of sp³-hybridized carbons (Fsp3) is 0.286. The number of hydrogen-bond donors (Lipinski definition) is 1. The van der Waals surface area contributed by atoms with E-state index in [2.05, 4.69) is 0 Å². The maximum Gasteiger partial charge on any atom is 0.307 e. The van der Waals surface area contributed by atoms with Crippen molar-refractivity contribution in [2.45, 2.75) is 12.8 Å². The van der Waals surface area contributed by atoms with Crippen LogP contribution in [0.3, 0.4) is 0 Å². The summed E-state index contributed by atoms with van der Waals surface area (Å²) in [5.41, 5.74) is 1.65. The van der Waals surface area contributed by atoms with E-state index in [-0.39, 0.29) is 12.2 Å². The number of ketones is 1. The van der Waals surface area contributed by atoms with Gasteiger partial charge in [-0.05, 0) is 35.8 Å². The molecule has 0 amide bonds.